The Morgan fingerprint density at radius 3 is 2.70 bits per heavy atom. The molecule has 0 aliphatic carbocycles. The van der Waals surface area contributed by atoms with Gasteiger partial charge in [0.2, 0.25) is 5.91 Å². The maximum absolute atomic E-state index is 11.8. The number of carbonyl (C=O) groups is 2. The van der Waals surface area contributed by atoms with Gasteiger partial charge < -0.3 is 5.11 Å². The van der Waals surface area contributed by atoms with Crippen LogP contribution in [-0.2, 0) is 29.6 Å². The number of carboxylic acids is 1. The number of halogens is 1. The topological polar surface area (TPSA) is 87.8 Å². The Bertz CT molecular complexity index is 594. The third-order valence-corrected chi connectivity index (χ3v) is 3.59. The Labute approximate surface area is 120 Å². The highest BCUT2D eigenvalue weighted by Crippen LogP contribution is 2.23. The summed E-state index contributed by atoms with van der Waals surface area (Å²) in [7, 11) is 1.73. The van der Waals surface area contributed by atoms with Crippen LogP contribution in [-0.4, -0.2) is 37.5 Å². The average Bonchev–Trinajstić information content (AvgIpc) is 2.68. The minimum absolute atomic E-state index is 0.0152. The Morgan fingerprint density at radius 1 is 1.45 bits per heavy atom. The van der Waals surface area contributed by atoms with E-state index in [1.165, 1.54) is 0 Å². The third kappa shape index (κ3) is 2.67. The van der Waals surface area contributed by atoms with Gasteiger partial charge in [-0.05, 0) is 6.42 Å². The van der Waals surface area contributed by atoms with E-state index in [1.807, 2.05) is 6.92 Å². The summed E-state index contributed by atoms with van der Waals surface area (Å²) in [6, 6.07) is 0. The molecule has 1 aliphatic rings. The molecular weight excluding hydrogens is 284 g/mol. The highest BCUT2D eigenvalue weighted by atomic mass is 35.5. The largest absolute Gasteiger partial charge is 0.477 e. The normalized spacial score (nSPS) is 15.4. The van der Waals surface area contributed by atoms with Crippen LogP contribution in [0.5, 0.6) is 0 Å². The van der Waals surface area contributed by atoms with E-state index in [9.17, 15) is 9.59 Å². The zero-order valence-electron chi connectivity index (χ0n) is 11.3. The van der Waals surface area contributed by atoms with Gasteiger partial charge >= 0.3 is 5.97 Å². The number of aryl methyl sites for hydroxylation is 2. The Kier molecular flexibility index (Phi) is 4.08. The molecule has 0 saturated heterocycles. The summed E-state index contributed by atoms with van der Waals surface area (Å²) < 4.78 is 1.60. The van der Waals surface area contributed by atoms with Gasteiger partial charge in [-0.15, -0.1) is 0 Å². The molecule has 0 fully saturated rings. The number of carboxylic acid groups (broad SMARTS) is 1. The van der Waals surface area contributed by atoms with Crippen molar-refractivity contribution in [3.63, 3.8) is 0 Å². The van der Waals surface area contributed by atoms with Gasteiger partial charge in [-0.2, -0.15) is 10.2 Å². The van der Waals surface area contributed by atoms with Crippen LogP contribution in [0.25, 0.3) is 0 Å². The van der Waals surface area contributed by atoms with Crippen LogP contribution in [0.4, 0.5) is 0 Å². The van der Waals surface area contributed by atoms with Gasteiger partial charge in [-0.25, -0.2) is 9.80 Å². The quantitative estimate of drug-likeness (QED) is 0.904. The molecular formula is C12H15ClN4O3. The minimum atomic E-state index is -1.10. The first kappa shape index (κ1) is 14.5. The summed E-state index contributed by atoms with van der Waals surface area (Å²) >= 11 is 6.21. The first-order valence-corrected chi connectivity index (χ1v) is 6.63. The second kappa shape index (κ2) is 5.62. The second-order valence-electron chi connectivity index (χ2n) is 4.49. The van der Waals surface area contributed by atoms with Crippen molar-refractivity contribution in [3.05, 3.63) is 16.4 Å². The monoisotopic (exact) mass is 298 g/mol. The van der Waals surface area contributed by atoms with Gasteiger partial charge in [0.1, 0.15) is 5.71 Å². The second-order valence-corrected chi connectivity index (χ2v) is 4.87. The van der Waals surface area contributed by atoms with Gasteiger partial charge in [-0.3, -0.25) is 9.48 Å². The van der Waals surface area contributed by atoms with Crippen molar-refractivity contribution in [2.24, 2.45) is 12.1 Å². The minimum Gasteiger partial charge on any atom is -0.477 e. The van der Waals surface area contributed by atoms with Crippen LogP contribution in [0.15, 0.2) is 5.10 Å². The highest BCUT2D eigenvalue weighted by molar-refractivity contribution is 6.36. The van der Waals surface area contributed by atoms with Crippen molar-refractivity contribution in [3.8, 4) is 0 Å². The number of carbonyl (C=O) groups excluding carboxylic acids is 1. The molecule has 7 nitrogen and oxygen atoms in total. The highest BCUT2D eigenvalue weighted by Gasteiger charge is 2.26. The Morgan fingerprint density at radius 2 is 2.15 bits per heavy atom. The van der Waals surface area contributed by atoms with Crippen LogP contribution in [0.2, 0.25) is 5.02 Å². The number of hydrogen-bond donors (Lipinski definition) is 1. The SMILES string of the molecule is CCc1nn(C)c(CN2N=C(C(=O)O)CCC2=O)c1Cl. The predicted molar refractivity (Wildman–Crippen MR) is 72.5 cm³/mol. The molecule has 1 aromatic rings. The molecule has 1 amide bonds. The summed E-state index contributed by atoms with van der Waals surface area (Å²) in [6.07, 6.45) is 0.982. The lowest BCUT2D eigenvalue weighted by atomic mass is 10.1. The lowest BCUT2D eigenvalue weighted by molar-refractivity contribution is -0.133. The number of aromatic nitrogens is 2. The zero-order valence-corrected chi connectivity index (χ0v) is 12.0. The van der Waals surface area contributed by atoms with Crippen molar-refractivity contribution >= 4 is 29.2 Å². The number of hydrazone groups is 1. The van der Waals surface area contributed by atoms with Crippen LogP contribution in [0, 0.1) is 0 Å². The van der Waals surface area contributed by atoms with Gasteiger partial charge in [-0.1, -0.05) is 18.5 Å². The molecule has 0 spiro atoms. The predicted octanol–water partition coefficient (Wildman–Crippen LogP) is 1.20. The third-order valence-electron chi connectivity index (χ3n) is 3.15. The molecule has 2 heterocycles. The van der Waals surface area contributed by atoms with E-state index < -0.39 is 5.97 Å². The number of hydrogen-bond acceptors (Lipinski definition) is 4. The van der Waals surface area contributed by atoms with E-state index in [0.29, 0.717) is 17.1 Å². The first-order valence-electron chi connectivity index (χ1n) is 6.25. The standard InChI is InChI=1S/C12H15ClN4O3/c1-3-7-11(13)9(16(2)14-7)6-17-10(18)5-4-8(15-17)12(19)20/h3-6H2,1-2H3,(H,19,20). The van der Waals surface area contributed by atoms with E-state index in [-0.39, 0.29) is 31.0 Å². The summed E-state index contributed by atoms with van der Waals surface area (Å²) in [6.45, 7) is 2.06. The van der Waals surface area contributed by atoms with Crippen molar-refractivity contribution in [1.82, 2.24) is 14.8 Å². The summed E-state index contributed by atoms with van der Waals surface area (Å²) in [5.41, 5.74) is 1.38. The molecule has 20 heavy (non-hydrogen) atoms. The molecule has 2 rings (SSSR count). The van der Waals surface area contributed by atoms with Gasteiger partial charge in [0.25, 0.3) is 0 Å². The summed E-state index contributed by atoms with van der Waals surface area (Å²) in [5, 5.41) is 18.7. The average molecular weight is 299 g/mol. The van der Waals surface area contributed by atoms with Crippen molar-refractivity contribution in [2.45, 2.75) is 32.7 Å². The van der Waals surface area contributed by atoms with E-state index >= 15 is 0 Å². The van der Waals surface area contributed by atoms with Gasteiger partial charge in [0.05, 0.1) is 23.0 Å². The molecule has 0 bridgehead atoms. The molecule has 1 aliphatic heterocycles. The van der Waals surface area contributed by atoms with E-state index in [4.69, 9.17) is 16.7 Å². The smallest absolute Gasteiger partial charge is 0.352 e. The number of aliphatic carboxylic acids is 1. The van der Waals surface area contributed by atoms with Crippen LogP contribution >= 0.6 is 11.6 Å². The summed E-state index contributed by atoms with van der Waals surface area (Å²) in [5.74, 6) is -1.32. The Hall–Kier alpha value is -1.89. The van der Waals surface area contributed by atoms with E-state index in [1.54, 1.807) is 11.7 Å². The molecule has 0 radical (unpaired) electrons. The number of rotatable bonds is 4. The molecule has 108 valence electrons. The first-order chi connectivity index (χ1) is 9.43. The zero-order chi connectivity index (χ0) is 14.9. The number of nitrogens with zero attached hydrogens (tertiary/aromatic N) is 4. The lowest BCUT2D eigenvalue weighted by Crippen LogP contribution is -2.34. The fourth-order valence-electron chi connectivity index (χ4n) is 2.01. The molecule has 0 atom stereocenters. The van der Waals surface area contributed by atoms with Gasteiger partial charge in [0.15, 0.2) is 0 Å². The lowest BCUT2D eigenvalue weighted by Gasteiger charge is -2.22. The van der Waals surface area contributed by atoms with Crippen LogP contribution in [0.1, 0.15) is 31.2 Å². The van der Waals surface area contributed by atoms with E-state index in [0.717, 1.165) is 10.7 Å². The fourth-order valence-corrected chi connectivity index (χ4v) is 2.37. The van der Waals surface area contributed by atoms with Gasteiger partial charge in [0, 0.05) is 19.9 Å². The van der Waals surface area contributed by atoms with E-state index in [2.05, 4.69) is 10.2 Å². The van der Waals surface area contributed by atoms with Crippen LogP contribution < -0.4 is 0 Å². The molecule has 0 aromatic carbocycles. The van der Waals surface area contributed by atoms with Crippen LogP contribution in [0.3, 0.4) is 0 Å². The molecule has 0 unspecified atom stereocenters. The van der Waals surface area contributed by atoms with Crippen molar-refractivity contribution < 1.29 is 14.7 Å². The maximum atomic E-state index is 11.8. The molecule has 1 N–H and O–H groups in total. The summed E-state index contributed by atoms with van der Waals surface area (Å²) in [4.78, 5) is 22.7. The van der Waals surface area contributed by atoms with Crippen molar-refractivity contribution in [2.75, 3.05) is 0 Å². The Balaban J connectivity index is 2.29. The van der Waals surface area contributed by atoms with Crippen molar-refractivity contribution in [1.29, 1.82) is 0 Å². The molecule has 0 saturated carbocycles. The molecule has 1 aromatic heterocycles. The fraction of sp³-hybridized carbons (Fsp3) is 0.500. The maximum Gasteiger partial charge on any atom is 0.352 e. The molecule has 8 heteroatoms. The number of amides is 1.